The fraction of sp³-hybridized carbons (Fsp3) is 0.667. The lowest BCUT2D eigenvalue weighted by Gasteiger charge is -2.45. The van der Waals surface area contributed by atoms with E-state index in [1.807, 2.05) is 0 Å². The van der Waals surface area contributed by atoms with Crippen LogP contribution in [0, 0.1) is 5.92 Å². The van der Waals surface area contributed by atoms with Gasteiger partial charge in [-0.1, -0.05) is 30.3 Å². The molecule has 0 aromatic heterocycles. The fourth-order valence-electron chi connectivity index (χ4n) is 4.22. The van der Waals surface area contributed by atoms with Crippen molar-refractivity contribution in [3.8, 4) is 0 Å². The summed E-state index contributed by atoms with van der Waals surface area (Å²) in [6, 6.07) is 10.2. The molecule has 0 spiro atoms. The van der Waals surface area contributed by atoms with Crippen molar-refractivity contribution in [3.05, 3.63) is 35.9 Å². The van der Waals surface area contributed by atoms with E-state index in [0.717, 1.165) is 32.4 Å². The molecule has 3 aliphatic heterocycles. The molecule has 3 saturated heterocycles. The predicted molar refractivity (Wildman–Crippen MR) is 86.8 cm³/mol. The molecular formula is C18H26N2O3. The van der Waals surface area contributed by atoms with Gasteiger partial charge >= 0.3 is 0 Å². The van der Waals surface area contributed by atoms with E-state index in [9.17, 15) is 5.11 Å². The average molecular weight is 318 g/mol. The second-order valence-corrected chi connectivity index (χ2v) is 7.10. The highest BCUT2D eigenvalue weighted by atomic mass is 16.7. The summed E-state index contributed by atoms with van der Waals surface area (Å²) in [4.78, 5) is 2.32. The number of likely N-dealkylation sites (tertiary alicyclic amines) is 1. The molecule has 23 heavy (non-hydrogen) atoms. The number of aliphatic hydroxyl groups excluding tert-OH is 1. The Morgan fingerprint density at radius 3 is 2.65 bits per heavy atom. The summed E-state index contributed by atoms with van der Waals surface area (Å²) in [5.74, 6) is 0.709. The standard InChI is InChI=1S/C18H26N2O3/c19-15-14-11-22-18(23-14)16(17(15)21)20-8-6-13(7-9-20)10-12-4-2-1-3-5-12/h1-5,13-18,21H,6-11,19H2/t14-,15-,16-,17+,18-/m1/s1. The molecule has 0 unspecified atom stereocenters. The molecule has 3 N–H and O–H groups in total. The van der Waals surface area contributed by atoms with Crippen LogP contribution < -0.4 is 5.73 Å². The highest BCUT2D eigenvalue weighted by molar-refractivity contribution is 5.15. The number of hydrogen-bond donors (Lipinski definition) is 2. The van der Waals surface area contributed by atoms with Gasteiger partial charge in [0.25, 0.3) is 0 Å². The third kappa shape index (κ3) is 3.04. The highest BCUT2D eigenvalue weighted by Crippen LogP contribution is 2.33. The minimum Gasteiger partial charge on any atom is -0.390 e. The SMILES string of the molecule is N[C@H]1[C@H](O)[C@@H](N2CCC(Cc3ccccc3)CC2)[C@@H]2OC[C@H]1O2. The summed E-state index contributed by atoms with van der Waals surface area (Å²) in [7, 11) is 0. The van der Waals surface area contributed by atoms with Crippen LogP contribution in [0.3, 0.4) is 0 Å². The van der Waals surface area contributed by atoms with E-state index in [4.69, 9.17) is 15.2 Å². The van der Waals surface area contributed by atoms with Crippen molar-refractivity contribution in [3.63, 3.8) is 0 Å². The third-order valence-electron chi connectivity index (χ3n) is 5.62. The number of aliphatic hydroxyl groups is 1. The first-order valence-corrected chi connectivity index (χ1v) is 8.71. The van der Waals surface area contributed by atoms with Crippen LogP contribution in [0.1, 0.15) is 18.4 Å². The van der Waals surface area contributed by atoms with Gasteiger partial charge in [0.05, 0.1) is 24.8 Å². The second-order valence-electron chi connectivity index (χ2n) is 7.10. The topological polar surface area (TPSA) is 68.0 Å². The van der Waals surface area contributed by atoms with Crippen molar-refractivity contribution in [2.45, 2.75) is 49.8 Å². The largest absolute Gasteiger partial charge is 0.390 e. The molecule has 1 aromatic carbocycles. The predicted octanol–water partition coefficient (Wildman–Crippen LogP) is 0.753. The number of rotatable bonds is 3. The van der Waals surface area contributed by atoms with Crippen LogP contribution in [0.2, 0.25) is 0 Å². The molecule has 0 aliphatic carbocycles. The van der Waals surface area contributed by atoms with Crippen molar-refractivity contribution in [2.24, 2.45) is 11.7 Å². The molecule has 5 atom stereocenters. The van der Waals surface area contributed by atoms with Crippen LogP contribution in [0.4, 0.5) is 0 Å². The maximum atomic E-state index is 10.5. The Bertz CT molecular complexity index is 518. The summed E-state index contributed by atoms with van der Waals surface area (Å²) < 4.78 is 11.5. The highest BCUT2D eigenvalue weighted by Gasteiger charge is 2.51. The molecule has 2 bridgehead atoms. The number of hydrogen-bond acceptors (Lipinski definition) is 5. The molecule has 5 nitrogen and oxygen atoms in total. The van der Waals surface area contributed by atoms with Crippen LogP contribution in [0.15, 0.2) is 30.3 Å². The van der Waals surface area contributed by atoms with E-state index in [0.29, 0.717) is 12.5 Å². The first-order valence-electron chi connectivity index (χ1n) is 8.71. The smallest absolute Gasteiger partial charge is 0.176 e. The van der Waals surface area contributed by atoms with Gasteiger partial charge < -0.3 is 20.3 Å². The number of benzene rings is 1. The van der Waals surface area contributed by atoms with Gasteiger partial charge in [-0.3, -0.25) is 4.90 Å². The fourth-order valence-corrected chi connectivity index (χ4v) is 4.22. The van der Waals surface area contributed by atoms with Gasteiger partial charge in [0, 0.05) is 0 Å². The lowest BCUT2D eigenvalue weighted by Crippen LogP contribution is -2.64. The quantitative estimate of drug-likeness (QED) is 0.861. The van der Waals surface area contributed by atoms with E-state index >= 15 is 0 Å². The number of nitrogens with two attached hydrogens (primary N) is 1. The Morgan fingerprint density at radius 2 is 1.91 bits per heavy atom. The summed E-state index contributed by atoms with van der Waals surface area (Å²) in [6.45, 7) is 2.45. The van der Waals surface area contributed by atoms with Crippen LogP contribution in [-0.4, -0.2) is 60.3 Å². The van der Waals surface area contributed by atoms with Gasteiger partial charge in [-0.15, -0.1) is 0 Å². The molecule has 3 heterocycles. The van der Waals surface area contributed by atoms with Crippen LogP contribution in [0.5, 0.6) is 0 Å². The van der Waals surface area contributed by atoms with Gasteiger partial charge in [0.2, 0.25) is 0 Å². The van der Waals surface area contributed by atoms with Crippen molar-refractivity contribution in [2.75, 3.05) is 19.7 Å². The monoisotopic (exact) mass is 318 g/mol. The Kier molecular flexibility index (Phi) is 4.39. The first-order chi connectivity index (χ1) is 11.2. The average Bonchev–Trinajstić information content (AvgIpc) is 3.02. The van der Waals surface area contributed by atoms with Crippen LogP contribution in [-0.2, 0) is 15.9 Å². The molecule has 0 radical (unpaired) electrons. The molecule has 126 valence electrons. The third-order valence-corrected chi connectivity index (χ3v) is 5.62. The maximum Gasteiger partial charge on any atom is 0.176 e. The van der Waals surface area contributed by atoms with E-state index in [1.54, 1.807) is 0 Å². The van der Waals surface area contributed by atoms with E-state index in [-0.39, 0.29) is 24.5 Å². The molecule has 3 aliphatic rings. The van der Waals surface area contributed by atoms with Crippen molar-refractivity contribution in [1.29, 1.82) is 0 Å². The molecule has 5 heteroatoms. The zero-order valence-electron chi connectivity index (χ0n) is 13.4. The maximum absolute atomic E-state index is 10.5. The lowest BCUT2D eigenvalue weighted by molar-refractivity contribution is -0.181. The van der Waals surface area contributed by atoms with Crippen LogP contribution >= 0.6 is 0 Å². The molecule has 0 saturated carbocycles. The number of nitrogens with zero attached hydrogens (tertiary/aromatic N) is 1. The van der Waals surface area contributed by atoms with Crippen molar-refractivity contribution >= 4 is 0 Å². The molecular weight excluding hydrogens is 292 g/mol. The zero-order chi connectivity index (χ0) is 15.8. The van der Waals surface area contributed by atoms with Gasteiger partial charge in [0.15, 0.2) is 6.29 Å². The lowest BCUT2D eigenvalue weighted by atomic mass is 9.88. The number of fused-ring (bicyclic) bond motifs is 2. The summed E-state index contributed by atoms with van der Waals surface area (Å²) in [5.41, 5.74) is 7.52. The normalized spacial score (nSPS) is 38.8. The number of piperidine rings is 1. The summed E-state index contributed by atoms with van der Waals surface area (Å²) in [6.07, 6.45) is 2.39. The van der Waals surface area contributed by atoms with Crippen molar-refractivity contribution in [1.82, 2.24) is 4.90 Å². The summed E-state index contributed by atoms with van der Waals surface area (Å²) >= 11 is 0. The Balaban J connectivity index is 1.36. The minimum atomic E-state index is -0.563. The molecule has 1 aromatic rings. The molecule has 4 rings (SSSR count). The Labute approximate surface area is 137 Å². The first kappa shape index (κ1) is 15.5. The van der Waals surface area contributed by atoms with Crippen molar-refractivity contribution < 1.29 is 14.6 Å². The minimum absolute atomic E-state index is 0.124. The van der Waals surface area contributed by atoms with Crippen LogP contribution in [0.25, 0.3) is 0 Å². The van der Waals surface area contributed by atoms with E-state index < -0.39 is 6.10 Å². The van der Waals surface area contributed by atoms with E-state index in [2.05, 4.69) is 35.2 Å². The summed E-state index contributed by atoms with van der Waals surface area (Å²) in [5, 5.41) is 10.5. The number of ether oxygens (including phenoxy) is 2. The molecule has 3 fully saturated rings. The van der Waals surface area contributed by atoms with Gasteiger partial charge in [-0.05, 0) is 43.8 Å². The van der Waals surface area contributed by atoms with E-state index in [1.165, 1.54) is 5.56 Å². The van der Waals surface area contributed by atoms with Gasteiger partial charge in [-0.2, -0.15) is 0 Å². The van der Waals surface area contributed by atoms with Gasteiger partial charge in [0.1, 0.15) is 6.10 Å². The second kappa shape index (κ2) is 6.49. The van der Waals surface area contributed by atoms with Gasteiger partial charge in [-0.25, -0.2) is 0 Å². The molecule has 0 amide bonds. The zero-order valence-corrected chi connectivity index (χ0v) is 13.4. The Morgan fingerprint density at radius 1 is 1.17 bits per heavy atom. The Hall–Kier alpha value is -0.980.